The Morgan fingerprint density at radius 1 is 0.935 bits per heavy atom. The van der Waals surface area contributed by atoms with Gasteiger partial charge in [0.2, 0.25) is 5.91 Å². The molecule has 9 nitrogen and oxygen atoms in total. The minimum atomic E-state index is -0.810. The molecule has 5 rings (SSSR count). The molecule has 9 heteroatoms. The van der Waals surface area contributed by atoms with E-state index in [2.05, 4.69) is 76.2 Å². The molecule has 1 saturated heterocycles. The van der Waals surface area contributed by atoms with E-state index in [9.17, 15) is 19.7 Å². The number of carbonyl (C=O) groups excluding carboxylic acids is 2. The van der Waals surface area contributed by atoms with Gasteiger partial charge < -0.3 is 20.3 Å². The molecule has 3 aromatic rings. The van der Waals surface area contributed by atoms with Gasteiger partial charge in [0.15, 0.2) is 0 Å². The van der Waals surface area contributed by atoms with Crippen LogP contribution in [0.1, 0.15) is 61.6 Å². The number of nitrogens with one attached hydrogen (secondary N) is 2. The number of methoxy groups -OCH3 is 1. The highest BCUT2D eigenvalue weighted by Crippen LogP contribution is 2.40. The van der Waals surface area contributed by atoms with Gasteiger partial charge in [0.25, 0.3) is 5.69 Å². The van der Waals surface area contributed by atoms with Crippen LogP contribution in [0.5, 0.6) is 0 Å². The number of carbonyl (C=O) groups is 2. The number of nitrogens with zero attached hydrogens (tertiary/aromatic N) is 2. The van der Waals surface area contributed by atoms with Crippen LogP contribution < -0.4 is 10.6 Å². The molecule has 1 atom stereocenters. The van der Waals surface area contributed by atoms with Crippen LogP contribution in [0.15, 0.2) is 107 Å². The van der Waals surface area contributed by atoms with Gasteiger partial charge in [0, 0.05) is 41.6 Å². The van der Waals surface area contributed by atoms with Crippen molar-refractivity contribution in [2.75, 3.05) is 33.3 Å². The average molecular weight is 623 g/mol. The molecule has 240 valence electrons. The molecule has 0 spiro atoms. The van der Waals surface area contributed by atoms with E-state index in [1.54, 1.807) is 26.0 Å². The summed E-state index contributed by atoms with van der Waals surface area (Å²) in [6.07, 6.45) is 2.98. The number of nitro benzene ring substituents is 1. The molecular formula is C37H42N4O5. The number of dihydropyridines is 1. The van der Waals surface area contributed by atoms with Gasteiger partial charge in [-0.3, -0.25) is 14.9 Å². The molecule has 3 aromatic carbocycles. The van der Waals surface area contributed by atoms with Gasteiger partial charge in [0.1, 0.15) is 0 Å². The van der Waals surface area contributed by atoms with Crippen molar-refractivity contribution in [3.63, 3.8) is 0 Å². The highest BCUT2D eigenvalue weighted by Gasteiger charge is 2.37. The fraction of sp³-hybridized carbons (Fsp3) is 0.351. The van der Waals surface area contributed by atoms with Crippen molar-refractivity contribution in [2.45, 2.75) is 44.9 Å². The topological polar surface area (TPSA) is 114 Å². The summed E-state index contributed by atoms with van der Waals surface area (Å²) in [5, 5.41) is 17.7. The van der Waals surface area contributed by atoms with E-state index in [0.717, 1.165) is 38.9 Å². The van der Waals surface area contributed by atoms with Crippen molar-refractivity contribution in [3.8, 4) is 0 Å². The quantitative estimate of drug-likeness (QED) is 0.116. The third-order valence-corrected chi connectivity index (χ3v) is 9.18. The normalized spacial score (nSPS) is 17.5. The van der Waals surface area contributed by atoms with Crippen LogP contribution in [0.2, 0.25) is 0 Å². The summed E-state index contributed by atoms with van der Waals surface area (Å²) in [7, 11) is 1.28. The molecule has 1 amide bonds. The summed E-state index contributed by atoms with van der Waals surface area (Å²) < 4.78 is 5.06. The van der Waals surface area contributed by atoms with Crippen molar-refractivity contribution in [1.29, 1.82) is 0 Å². The minimum Gasteiger partial charge on any atom is -0.466 e. The minimum absolute atomic E-state index is 0.113. The third-order valence-electron chi connectivity index (χ3n) is 9.18. The molecule has 0 saturated carbocycles. The Labute approximate surface area is 270 Å². The summed E-state index contributed by atoms with van der Waals surface area (Å²) in [5.74, 6) is -0.793. The largest absolute Gasteiger partial charge is 0.466 e. The van der Waals surface area contributed by atoms with Crippen molar-refractivity contribution in [2.24, 2.45) is 5.92 Å². The summed E-state index contributed by atoms with van der Waals surface area (Å²) in [5.41, 5.74) is 4.83. The first-order chi connectivity index (χ1) is 22.3. The lowest BCUT2D eigenvalue weighted by Crippen LogP contribution is -2.39. The van der Waals surface area contributed by atoms with Gasteiger partial charge in [0.05, 0.1) is 23.5 Å². The Hall–Kier alpha value is -4.76. The van der Waals surface area contributed by atoms with Gasteiger partial charge in [-0.25, -0.2) is 4.79 Å². The van der Waals surface area contributed by atoms with E-state index in [-0.39, 0.29) is 17.2 Å². The zero-order valence-corrected chi connectivity index (χ0v) is 26.7. The van der Waals surface area contributed by atoms with Crippen LogP contribution in [0.3, 0.4) is 0 Å². The van der Waals surface area contributed by atoms with Crippen molar-refractivity contribution in [3.05, 3.63) is 134 Å². The molecule has 2 aliphatic rings. The summed E-state index contributed by atoms with van der Waals surface area (Å²) in [4.78, 5) is 40.1. The Balaban J connectivity index is 1.21. The van der Waals surface area contributed by atoms with E-state index < -0.39 is 16.8 Å². The van der Waals surface area contributed by atoms with Crippen LogP contribution in [-0.4, -0.2) is 55.0 Å². The first-order valence-electron chi connectivity index (χ1n) is 15.9. The van der Waals surface area contributed by atoms with Gasteiger partial charge in [-0.05, 0) is 75.4 Å². The SMILES string of the molecule is COC(=O)C1=C(C)NC(C)=C(C(=O)NCCCN2CCC(C(c3ccccc3)c3ccccc3)CC2)[C@@H]1c1cccc([N+](=O)[O-])c1. The van der Waals surface area contributed by atoms with Crippen LogP contribution >= 0.6 is 0 Å². The predicted molar refractivity (Wildman–Crippen MR) is 178 cm³/mol. The molecule has 0 radical (unpaired) electrons. The van der Waals surface area contributed by atoms with E-state index >= 15 is 0 Å². The van der Waals surface area contributed by atoms with Gasteiger partial charge >= 0.3 is 5.97 Å². The maximum absolute atomic E-state index is 13.7. The third kappa shape index (κ3) is 7.37. The van der Waals surface area contributed by atoms with E-state index in [1.165, 1.54) is 30.4 Å². The molecule has 1 fully saturated rings. The standard InChI is InChI=1S/C37H42N4O5/c1-25-32(35(33(26(2)39-25)37(43)46-3)30-16-10-17-31(24-30)41(44)45)36(42)38-20-11-21-40-22-18-29(19-23-40)34(27-12-6-4-7-13-27)28-14-8-5-9-15-28/h4-10,12-17,24,29,34-35,39H,11,18-23H2,1-3H3,(H,38,42)/t35-/m0/s1. The maximum Gasteiger partial charge on any atom is 0.336 e. The number of benzene rings is 3. The lowest BCUT2D eigenvalue weighted by atomic mass is 9.76. The van der Waals surface area contributed by atoms with Gasteiger partial charge in [-0.15, -0.1) is 0 Å². The summed E-state index contributed by atoms with van der Waals surface area (Å²) in [6, 6.07) is 27.6. The zero-order valence-electron chi connectivity index (χ0n) is 26.7. The molecule has 2 aliphatic heterocycles. The number of allylic oxidation sites excluding steroid dienone is 2. The van der Waals surface area contributed by atoms with Gasteiger partial charge in [-0.2, -0.15) is 0 Å². The predicted octanol–water partition coefficient (Wildman–Crippen LogP) is 6.05. The lowest BCUT2D eigenvalue weighted by molar-refractivity contribution is -0.384. The molecule has 0 aromatic heterocycles. The van der Waals surface area contributed by atoms with Crippen molar-refractivity contribution < 1.29 is 19.2 Å². The number of hydrogen-bond donors (Lipinski definition) is 2. The Morgan fingerprint density at radius 2 is 1.54 bits per heavy atom. The van der Waals surface area contributed by atoms with Crippen LogP contribution in [-0.2, 0) is 14.3 Å². The van der Waals surface area contributed by atoms with Crippen LogP contribution in [0, 0.1) is 16.0 Å². The molecule has 0 unspecified atom stereocenters. The zero-order chi connectivity index (χ0) is 32.6. The number of hydrogen-bond acceptors (Lipinski definition) is 7. The monoisotopic (exact) mass is 622 g/mol. The molecular weight excluding hydrogens is 580 g/mol. The number of non-ortho nitro benzene ring substituents is 1. The Kier molecular flexibility index (Phi) is 10.6. The van der Waals surface area contributed by atoms with E-state index in [4.69, 9.17) is 4.74 Å². The summed E-state index contributed by atoms with van der Waals surface area (Å²) in [6.45, 7) is 6.85. The van der Waals surface area contributed by atoms with Crippen molar-refractivity contribution in [1.82, 2.24) is 15.5 Å². The Morgan fingerprint density at radius 3 is 2.13 bits per heavy atom. The number of likely N-dealkylation sites (tertiary alicyclic amines) is 1. The highest BCUT2D eigenvalue weighted by atomic mass is 16.6. The first-order valence-corrected chi connectivity index (χ1v) is 15.9. The maximum atomic E-state index is 13.7. The molecule has 2 heterocycles. The molecule has 2 N–H and O–H groups in total. The fourth-order valence-corrected chi connectivity index (χ4v) is 6.99. The number of rotatable bonds is 11. The van der Waals surface area contributed by atoms with Crippen molar-refractivity contribution >= 4 is 17.6 Å². The molecule has 0 bridgehead atoms. The highest BCUT2D eigenvalue weighted by molar-refractivity contribution is 6.02. The van der Waals surface area contributed by atoms with Crippen LogP contribution in [0.25, 0.3) is 0 Å². The second-order valence-electron chi connectivity index (χ2n) is 12.1. The number of amides is 1. The second-order valence-corrected chi connectivity index (χ2v) is 12.1. The molecule has 0 aliphatic carbocycles. The lowest BCUT2D eigenvalue weighted by Gasteiger charge is -2.36. The van der Waals surface area contributed by atoms with Gasteiger partial charge in [-0.1, -0.05) is 72.8 Å². The smallest absolute Gasteiger partial charge is 0.336 e. The fourth-order valence-electron chi connectivity index (χ4n) is 6.99. The number of nitro groups is 1. The first kappa shape index (κ1) is 32.6. The number of ether oxygens (including phenoxy) is 1. The number of esters is 1. The second kappa shape index (κ2) is 15.0. The number of piperidine rings is 1. The van der Waals surface area contributed by atoms with E-state index in [0.29, 0.717) is 40.9 Å². The van der Waals surface area contributed by atoms with Crippen LogP contribution in [0.4, 0.5) is 5.69 Å². The van der Waals surface area contributed by atoms with E-state index in [1.807, 2.05) is 0 Å². The average Bonchev–Trinajstić information content (AvgIpc) is 3.07. The molecule has 46 heavy (non-hydrogen) atoms. The summed E-state index contributed by atoms with van der Waals surface area (Å²) >= 11 is 0. The Bertz CT molecular complexity index is 1570.